The molecule has 0 aliphatic carbocycles. The van der Waals surface area contributed by atoms with E-state index in [4.69, 9.17) is 12.2 Å². The lowest BCUT2D eigenvalue weighted by Crippen LogP contribution is -2.37. The number of hydrogen-bond donors (Lipinski definition) is 2. The van der Waals surface area contributed by atoms with Crippen LogP contribution in [0.3, 0.4) is 0 Å². The van der Waals surface area contributed by atoms with E-state index in [1.54, 1.807) is 0 Å². The number of rotatable bonds is 5. The van der Waals surface area contributed by atoms with Gasteiger partial charge in [-0.1, -0.05) is 6.92 Å². The van der Waals surface area contributed by atoms with Crippen molar-refractivity contribution in [2.75, 3.05) is 31.5 Å². The summed E-state index contributed by atoms with van der Waals surface area (Å²) < 4.78 is 26.3. The van der Waals surface area contributed by atoms with Crippen LogP contribution < -0.4 is 10.6 Å². The fourth-order valence-corrected chi connectivity index (χ4v) is 2.96. The van der Waals surface area contributed by atoms with Crippen molar-refractivity contribution in [1.82, 2.24) is 10.2 Å². The Morgan fingerprint density at radius 3 is 2.95 bits per heavy atom. The average Bonchev–Trinajstić information content (AvgIpc) is 2.47. The minimum absolute atomic E-state index is 0.184. The van der Waals surface area contributed by atoms with E-state index in [2.05, 4.69) is 22.5 Å². The van der Waals surface area contributed by atoms with Gasteiger partial charge in [0.25, 0.3) is 0 Å². The van der Waals surface area contributed by atoms with Crippen molar-refractivity contribution in [2.45, 2.75) is 26.2 Å². The third-order valence-corrected chi connectivity index (χ3v) is 4.10. The maximum Gasteiger partial charge on any atom is 0.170 e. The molecule has 122 valence electrons. The lowest BCUT2D eigenvalue weighted by atomic mass is 10.0. The van der Waals surface area contributed by atoms with Crippen LogP contribution in [0, 0.1) is 17.6 Å². The first-order valence-electron chi connectivity index (χ1n) is 7.77. The molecule has 0 spiro atoms. The molecule has 1 aromatic rings. The smallest absolute Gasteiger partial charge is 0.170 e. The molecule has 1 atom stereocenters. The van der Waals surface area contributed by atoms with Gasteiger partial charge in [-0.25, -0.2) is 8.78 Å². The van der Waals surface area contributed by atoms with E-state index < -0.39 is 11.6 Å². The van der Waals surface area contributed by atoms with Crippen molar-refractivity contribution in [3.8, 4) is 0 Å². The summed E-state index contributed by atoms with van der Waals surface area (Å²) in [7, 11) is 0. The summed E-state index contributed by atoms with van der Waals surface area (Å²) >= 11 is 5.12. The zero-order chi connectivity index (χ0) is 15.9. The lowest BCUT2D eigenvalue weighted by molar-refractivity contribution is 0.182. The fourth-order valence-electron chi connectivity index (χ4n) is 2.75. The number of halogens is 2. The standard InChI is InChI=1S/C16H23F2N3S/c1-12-4-2-8-21(11-12)9-3-7-19-16(22)20-15-6-5-13(17)10-14(15)18/h5-6,10,12H,2-4,7-9,11H2,1H3,(H2,19,20,22)/t12-/m1/s1. The van der Waals surface area contributed by atoms with Crippen molar-refractivity contribution in [1.29, 1.82) is 0 Å². The minimum Gasteiger partial charge on any atom is -0.362 e. The highest BCUT2D eigenvalue weighted by Gasteiger charge is 2.15. The minimum atomic E-state index is -0.647. The second kappa shape index (κ2) is 8.39. The maximum absolute atomic E-state index is 13.5. The van der Waals surface area contributed by atoms with Crippen molar-refractivity contribution in [2.24, 2.45) is 5.92 Å². The molecule has 1 fully saturated rings. The van der Waals surface area contributed by atoms with Gasteiger partial charge in [-0.2, -0.15) is 0 Å². The zero-order valence-electron chi connectivity index (χ0n) is 12.9. The molecule has 0 radical (unpaired) electrons. The molecule has 6 heteroatoms. The molecule has 0 amide bonds. The van der Waals surface area contributed by atoms with E-state index in [1.165, 1.54) is 38.1 Å². The van der Waals surface area contributed by atoms with E-state index in [0.717, 1.165) is 31.5 Å². The van der Waals surface area contributed by atoms with Crippen molar-refractivity contribution < 1.29 is 8.78 Å². The van der Waals surface area contributed by atoms with Crippen LogP contribution in [-0.4, -0.2) is 36.2 Å². The fraction of sp³-hybridized carbons (Fsp3) is 0.562. The Labute approximate surface area is 136 Å². The number of hydrogen-bond acceptors (Lipinski definition) is 2. The first-order chi connectivity index (χ1) is 10.5. The van der Waals surface area contributed by atoms with Gasteiger partial charge >= 0.3 is 0 Å². The van der Waals surface area contributed by atoms with Gasteiger partial charge in [0.15, 0.2) is 5.11 Å². The largest absolute Gasteiger partial charge is 0.362 e. The number of likely N-dealkylation sites (tertiary alicyclic amines) is 1. The monoisotopic (exact) mass is 327 g/mol. The summed E-state index contributed by atoms with van der Waals surface area (Å²) in [6, 6.07) is 3.38. The predicted octanol–water partition coefficient (Wildman–Crippen LogP) is 3.37. The summed E-state index contributed by atoms with van der Waals surface area (Å²) in [6.45, 7) is 6.42. The topological polar surface area (TPSA) is 27.3 Å². The molecule has 1 aromatic carbocycles. The van der Waals surface area contributed by atoms with Crippen LogP contribution in [0.25, 0.3) is 0 Å². The summed E-state index contributed by atoms with van der Waals surface area (Å²) in [4.78, 5) is 2.48. The average molecular weight is 327 g/mol. The Balaban J connectivity index is 1.65. The van der Waals surface area contributed by atoms with Crippen molar-refractivity contribution >= 4 is 23.0 Å². The molecule has 0 unspecified atom stereocenters. The summed E-state index contributed by atoms with van der Waals surface area (Å²) in [5.74, 6) is -0.463. The second-order valence-corrected chi connectivity index (χ2v) is 6.31. The molecule has 1 heterocycles. The Bertz CT molecular complexity index is 510. The highest BCUT2D eigenvalue weighted by molar-refractivity contribution is 7.80. The third-order valence-electron chi connectivity index (χ3n) is 3.86. The molecule has 2 rings (SSSR count). The normalized spacial score (nSPS) is 19.0. The van der Waals surface area contributed by atoms with Gasteiger partial charge in [0.2, 0.25) is 0 Å². The van der Waals surface area contributed by atoms with Gasteiger partial charge in [-0.05, 0) is 62.6 Å². The lowest BCUT2D eigenvalue weighted by Gasteiger charge is -2.30. The number of thiocarbonyl (C=S) groups is 1. The first-order valence-corrected chi connectivity index (χ1v) is 8.17. The molecule has 2 N–H and O–H groups in total. The van der Waals surface area contributed by atoms with Gasteiger partial charge in [0.05, 0.1) is 5.69 Å². The first kappa shape index (κ1) is 17.1. The zero-order valence-corrected chi connectivity index (χ0v) is 13.7. The Kier molecular flexibility index (Phi) is 6.51. The molecular weight excluding hydrogens is 304 g/mol. The van der Waals surface area contributed by atoms with Gasteiger partial charge in [0.1, 0.15) is 11.6 Å². The van der Waals surface area contributed by atoms with Gasteiger partial charge < -0.3 is 15.5 Å². The predicted molar refractivity (Wildman–Crippen MR) is 90.0 cm³/mol. The van der Waals surface area contributed by atoms with E-state index in [1.807, 2.05) is 0 Å². The van der Waals surface area contributed by atoms with Crippen molar-refractivity contribution in [3.63, 3.8) is 0 Å². The van der Waals surface area contributed by atoms with Gasteiger partial charge in [0, 0.05) is 19.2 Å². The van der Waals surface area contributed by atoms with Crippen LogP contribution in [0.15, 0.2) is 18.2 Å². The van der Waals surface area contributed by atoms with Crippen LogP contribution in [0.4, 0.5) is 14.5 Å². The highest BCUT2D eigenvalue weighted by atomic mass is 32.1. The molecule has 22 heavy (non-hydrogen) atoms. The van der Waals surface area contributed by atoms with E-state index in [-0.39, 0.29) is 5.69 Å². The number of nitrogens with one attached hydrogen (secondary N) is 2. The summed E-state index contributed by atoms with van der Waals surface area (Å²) in [5, 5.41) is 6.16. The number of piperidine rings is 1. The SMILES string of the molecule is C[C@@H]1CCCN(CCCNC(=S)Nc2ccc(F)cc2F)C1. The number of anilines is 1. The maximum atomic E-state index is 13.5. The van der Waals surface area contributed by atoms with Crippen LogP contribution >= 0.6 is 12.2 Å². The summed E-state index contributed by atoms with van der Waals surface area (Å²) in [6.07, 6.45) is 3.59. The molecular formula is C16H23F2N3S. The van der Waals surface area contributed by atoms with Gasteiger partial charge in [-0.15, -0.1) is 0 Å². The molecule has 0 bridgehead atoms. The van der Waals surface area contributed by atoms with Gasteiger partial charge in [-0.3, -0.25) is 0 Å². The molecule has 0 aromatic heterocycles. The Morgan fingerprint density at radius 2 is 2.23 bits per heavy atom. The third kappa shape index (κ3) is 5.50. The van der Waals surface area contributed by atoms with Crippen LogP contribution in [0.1, 0.15) is 26.2 Å². The Morgan fingerprint density at radius 1 is 1.41 bits per heavy atom. The van der Waals surface area contributed by atoms with Crippen LogP contribution in [-0.2, 0) is 0 Å². The van der Waals surface area contributed by atoms with E-state index in [0.29, 0.717) is 5.11 Å². The number of nitrogens with zero attached hydrogens (tertiary/aromatic N) is 1. The van der Waals surface area contributed by atoms with E-state index >= 15 is 0 Å². The van der Waals surface area contributed by atoms with E-state index in [9.17, 15) is 8.78 Å². The molecule has 1 saturated heterocycles. The van der Waals surface area contributed by atoms with Crippen molar-refractivity contribution in [3.05, 3.63) is 29.8 Å². The molecule has 1 aliphatic rings. The highest BCUT2D eigenvalue weighted by Crippen LogP contribution is 2.16. The molecule has 0 saturated carbocycles. The summed E-state index contributed by atoms with van der Waals surface area (Å²) in [5.41, 5.74) is 0.184. The number of benzene rings is 1. The molecule has 3 nitrogen and oxygen atoms in total. The Hall–Kier alpha value is -1.27. The van der Waals surface area contributed by atoms with Crippen LogP contribution in [0.2, 0.25) is 0 Å². The second-order valence-electron chi connectivity index (χ2n) is 5.91. The molecule has 1 aliphatic heterocycles. The quantitative estimate of drug-likeness (QED) is 0.640. The van der Waals surface area contributed by atoms with Crippen LogP contribution in [0.5, 0.6) is 0 Å².